The summed E-state index contributed by atoms with van der Waals surface area (Å²) in [6, 6.07) is 2.86. The first kappa shape index (κ1) is 13.3. The molecule has 1 aliphatic carbocycles. The number of aromatic amines is 1. The molecule has 3 heterocycles. The minimum absolute atomic E-state index is 0.0411. The number of amidine groups is 1. The Labute approximate surface area is 130 Å². The highest BCUT2D eigenvalue weighted by molar-refractivity contribution is 8.13. The highest BCUT2D eigenvalue weighted by Crippen LogP contribution is 2.27. The molecular weight excluding hydrogens is 304 g/mol. The number of hydrogen-bond acceptors (Lipinski definition) is 6. The molecule has 0 amide bonds. The molecule has 0 aromatic carbocycles. The number of nitrogens with one attached hydrogen (secondary N) is 2. The second-order valence-corrected chi connectivity index (χ2v) is 7.35. The summed E-state index contributed by atoms with van der Waals surface area (Å²) in [7, 11) is 0. The molecule has 5 nitrogen and oxygen atoms in total. The average molecular weight is 320 g/mol. The van der Waals surface area contributed by atoms with Crippen LogP contribution in [-0.4, -0.2) is 27.2 Å². The third kappa shape index (κ3) is 2.60. The van der Waals surface area contributed by atoms with Crippen molar-refractivity contribution in [2.75, 3.05) is 0 Å². The number of aliphatic imine (C=N–C) groups is 1. The fourth-order valence-electron chi connectivity index (χ4n) is 2.99. The minimum Gasteiger partial charge on any atom is -0.360 e. The Morgan fingerprint density at radius 1 is 1.38 bits per heavy atom. The zero-order chi connectivity index (χ0) is 14.2. The van der Waals surface area contributed by atoms with Crippen molar-refractivity contribution < 1.29 is 0 Å². The van der Waals surface area contributed by atoms with Crippen LogP contribution in [0.1, 0.15) is 31.5 Å². The Balaban J connectivity index is 1.47. The van der Waals surface area contributed by atoms with Crippen LogP contribution in [-0.2, 0) is 5.75 Å². The number of nitrogens with zero attached hydrogens (tertiary/aromatic N) is 2. The summed E-state index contributed by atoms with van der Waals surface area (Å²) in [6.07, 6.45) is 4.99. The van der Waals surface area contributed by atoms with E-state index in [9.17, 15) is 4.79 Å². The van der Waals surface area contributed by atoms with E-state index >= 15 is 0 Å². The first-order valence-corrected chi connectivity index (χ1v) is 9.10. The zero-order valence-corrected chi connectivity index (χ0v) is 13.1. The Kier molecular flexibility index (Phi) is 3.46. The Morgan fingerprint density at radius 2 is 2.29 bits per heavy atom. The molecule has 2 aromatic rings. The summed E-state index contributed by atoms with van der Waals surface area (Å²) in [5, 5.41) is 6.41. The maximum Gasteiger partial charge on any atom is 0.268 e. The predicted molar refractivity (Wildman–Crippen MR) is 88.2 cm³/mol. The lowest BCUT2D eigenvalue weighted by Crippen LogP contribution is -2.36. The molecule has 1 saturated carbocycles. The number of thioether (sulfide) groups is 1. The molecule has 21 heavy (non-hydrogen) atoms. The summed E-state index contributed by atoms with van der Waals surface area (Å²) in [4.78, 5) is 24.0. The van der Waals surface area contributed by atoms with Gasteiger partial charge in [0.2, 0.25) is 0 Å². The summed E-state index contributed by atoms with van der Waals surface area (Å²) in [5.41, 5.74) is 0.745. The van der Waals surface area contributed by atoms with Crippen LogP contribution < -0.4 is 10.9 Å². The van der Waals surface area contributed by atoms with Crippen LogP contribution in [0.4, 0.5) is 0 Å². The van der Waals surface area contributed by atoms with Crippen LogP contribution in [0.25, 0.3) is 10.2 Å². The number of rotatable bonds is 2. The van der Waals surface area contributed by atoms with Crippen LogP contribution in [0.15, 0.2) is 21.2 Å². The minimum atomic E-state index is -0.0411. The SMILES string of the molecule is O=c1[nH]c(CSC2=N[C@@H]3CCCC[C@@H]3N2)nc2ccsc12. The van der Waals surface area contributed by atoms with Crippen molar-refractivity contribution in [2.24, 2.45) is 4.99 Å². The van der Waals surface area contributed by atoms with Crippen LogP contribution in [0.3, 0.4) is 0 Å². The second kappa shape index (κ2) is 5.46. The monoisotopic (exact) mass is 320 g/mol. The first-order valence-electron chi connectivity index (χ1n) is 7.23. The number of hydrogen-bond donors (Lipinski definition) is 2. The third-order valence-corrected chi connectivity index (χ3v) is 5.85. The molecule has 0 bridgehead atoms. The van der Waals surface area contributed by atoms with Crippen molar-refractivity contribution >= 4 is 38.5 Å². The predicted octanol–water partition coefficient (Wildman–Crippen LogP) is 2.49. The molecule has 1 fully saturated rings. The maximum absolute atomic E-state index is 11.9. The van der Waals surface area contributed by atoms with Gasteiger partial charge in [-0.05, 0) is 24.3 Å². The van der Waals surface area contributed by atoms with Crippen molar-refractivity contribution in [2.45, 2.75) is 43.5 Å². The van der Waals surface area contributed by atoms with Gasteiger partial charge in [-0.15, -0.1) is 11.3 Å². The number of fused-ring (bicyclic) bond motifs is 2. The molecule has 1 aliphatic heterocycles. The van der Waals surface area contributed by atoms with Gasteiger partial charge in [-0.3, -0.25) is 9.79 Å². The number of thiophene rings is 1. The van der Waals surface area contributed by atoms with Crippen LogP contribution >= 0.6 is 23.1 Å². The standard InChI is InChI=1S/C14H16N4OS2/c19-13-12-10(5-6-20-12)15-11(18-13)7-21-14-16-8-3-1-2-4-9(8)17-14/h5-6,8-9H,1-4,7H2,(H,16,17)(H,15,18,19)/t8-,9+. The second-order valence-electron chi connectivity index (χ2n) is 5.47. The molecule has 2 atom stereocenters. The molecule has 0 radical (unpaired) electrons. The van der Waals surface area contributed by atoms with E-state index in [0.717, 1.165) is 16.5 Å². The van der Waals surface area contributed by atoms with E-state index in [-0.39, 0.29) is 5.56 Å². The Bertz CT molecular complexity index is 751. The summed E-state index contributed by atoms with van der Waals surface area (Å²) in [5.74, 6) is 1.36. The van der Waals surface area contributed by atoms with Gasteiger partial charge in [-0.2, -0.15) is 0 Å². The van der Waals surface area contributed by atoms with Gasteiger partial charge in [0, 0.05) is 0 Å². The quantitative estimate of drug-likeness (QED) is 0.892. The van der Waals surface area contributed by atoms with Gasteiger partial charge in [-0.1, -0.05) is 24.6 Å². The number of H-pyrrole nitrogens is 1. The lowest BCUT2D eigenvalue weighted by atomic mass is 9.92. The van der Waals surface area contributed by atoms with Crippen LogP contribution in [0.5, 0.6) is 0 Å². The van der Waals surface area contributed by atoms with Gasteiger partial charge in [0.05, 0.1) is 23.4 Å². The smallest absolute Gasteiger partial charge is 0.268 e. The average Bonchev–Trinajstić information content (AvgIpc) is 3.11. The highest BCUT2D eigenvalue weighted by Gasteiger charge is 2.30. The third-order valence-electron chi connectivity index (χ3n) is 4.03. The molecule has 2 N–H and O–H groups in total. The lowest BCUT2D eigenvalue weighted by molar-refractivity contribution is 0.385. The molecule has 110 valence electrons. The summed E-state index contributed by atoms with van der Waals surface area (Å²) < 4.78 is 0.700. The van der Waals surface area contributed by atoms with E-state index in [0.29, 0.717) is 22.5 Å². The van der Waals surface area contributed by atoms with Crippen molar-refractivity contribution in [1.82, 2.24) is 15.3 Å². The largest absolute Gasteiger partial charge is 0.360 e. The van der Waals surface area contributed by atoms with Gasteiger partial charge in [0.1, 0.15) is 10.5 Å². The number of aromatic nitrogens is 2. The zero-order valence-electron chi connectivity index (χ0n) is 11.5. The summed E-state index contributed by atoms with van der Waals surface area (Å²) in [6.45, 7) is 0. The molecule has 0 unspecified atom stereocenters. The van der Waals surface area contributed by atoms with Gasteiger partial charge in [0.25, 0.3) is 5.56 Å². The highest BCUT2D eigenvalue weighted by atomic mass is 32.2. The van der Waals surface area contributed by atoms with E-state index in [4.69, 9.17) is 4.99 Å². The van der Waals surface area contributed by atoms with Crippen LogP contribution in [0.2, 0.25) is 0 Å². The van der Waals surface area contributed by atoms with Gasteiger partial charge in [0.15, 0.2) is 5.17 Å². The van der Waals surface area contributed by atoms with E-state index in [1.54, 1.807) is 11.8 Å². The molecule has 7 heteroatoms. The first-order chi connectivity index (χ1) is 10.3. The topological polar surface area (TPSA) is 70.1 Å². The molecule has 0 saturated heterocycles. The van der Waals surface area contributed by atoms with Crippen molar-refractivity contribution in [3.63, 3.8) is 0 Å². The van der Waals surface area contributed by atoms with E-state index in [1.165, 1.54) is 37.0 Å². The fraction of sp³-hybridized carbons (Fsp3) is 0.500. The maximum atomic E-state index is 11.9. The summed E-state index contributed by atoms with van der Waals surface area (Å²) >= 11 is 3.06. The van der Waals surface area contributed by atoms with E-state index < -0.39 is 0 Å². The fourth-order valence-corrected chi connectivity index (χ4v) is 4.57. The Morgan fingerprint density at radius 3 is 3.19 bits per heavy atom. The van der Waals surface area contributed by atoms with Crippen molar-refractivity contribution in [3.8, 4) is 0 Å². The lowest BCUT2D eigenvalue weighted by Gasteiger charge is -2.23. The van der Waals surface area contributed by atoms with E-state index in [2.05, 4.69) is 15.3 Å². The Hall–Kier alpha value is -1.34. The molecule has 2 aliphatic rings. The van der Waals surface area contributed by atoms with Crippen molar-refractivity contribution in [1.29, 1.82) is 0 Å². The molecule has 2 aromatic heterocycles. The van der Waals surface area contributed by atoms with Gasteiger partial charge in [-0.25, -0.2) is 4.98 Å². The van der Waals surface area contributed by atoms with Crippen LogP contribution in [0, 0.1) is 0 Å². The molecule has 0 spiro atoms. The van der Waals surface area contributed by atoms with Gasteiger partial charge >= 0.3 is 0 Å². The molecular formula is C14H16N4OS2. The molecule has 4 rings (SSSR count). The van der Waals surface area contributed by atoms with Crippen molar-refractivity contribution in [3.05, 3.63) is 27.6 Å². The van der Waals surface area contributed by atoms with E-state index in [1.807, 2.05) is 11.4 Å². The normalized spacial score (nSPS) is 24.7. The van der Waals surface area contributed by atoms with Gasteiger partial charge < -0.3 is 10.3 Å².